The molecule has 3 aromatic rings. The molecule has 0 spiro atoms. The fourth-order valence-electron chi connectivity index (χ4n) is 3.06. The van der Waals surface area contributed by atoms with Crippen LogP contribution in [0.2, 0.25) is 0 Å². The Morgan fingerprint density at radius 1 is 0.950 bits per heavy atom. The molecule has 0 saturated heterocycles. The molecule has 0 amide bonds. The Balaban J connectivity index is 1.74. The Morgan fingerprint density at radius 3 is 2.70 bits per heavy atom. The van der Waals surface area contributed by atoms with Gasteiger partial charge in [-0.3, -0.25) is 0 Å². The zero-order chi connectivity index (χ0) is 13.5. The van der Waals surface area contributed by atoms with Crippen molar-refractivity contribution in [3.8, 4) is 0 Å². The number of hydrogen-bond donors (Lipinski definition) is 1. The molecule has 1 heterocycles. The summed E-state index contributed by atoms with van der Waals surface area (Å²) < 4.78 is 1.24. The number of aryl methyl sites for hydroxylation is 2. The SMILES string of the molecule is OC(c1ccc2c(c1)CCC2)c1cc2ccccc2s1. The Morgan fingerprint density at radius 2 is 1.80 bits per heavy atom. The molecule has 0 radical (unpaired) electrons. The number of aliphatic hydroxyl groups excluding tert-OH is 1. The molecule has 2 heteroatoms. The first-order valence-electron chi connectivity index (χ1n) is 7.09. The molecular formula is C18H16OS. The summed E-state index contributed by atoms with van der Waals surface area (Å²) in [6, 6.07) is 16.9. The summed E-state index contributed by atoms with van der Waals surface area (Å²) in [5.74, 6) is 0. The van der Waals surface area contributed by atoms with Gasteiger partial charge in [-0.25, -0.2) is 0 Å². The standard InChI is InChI=1S/C18H16OS/c19-18(15-9-8-12-5-3-6-13(12)10-15)17-11-14-4-1-2-7-16(14)20-17/h1-2,4,7-11,18-19H,3,5-6H2. The van der Waals surface area contributed by atoms with Crippen LogP contribution in [0.4, 0.5) is 0 Å². The highest BCUT2D eigenvalue weighted by molar-refractivity contribution is 7.19. The minimum Gasteiger partial charge on any atom is -0.383 e. The zero-order valence-corrected chi connectivity index (χ0v) is 12.0. The number of aliphatic hydroxyl groups is 1. The predicted octanol–water partition coefficient (Wildman–Crippen LogP) is 4.47. The molecule has 100 valence electrons. The van der Waals surface area contributed by atoms with E-state index in [4.69, 9.17) is 0 Å². The Kier molecular flexibility index (Phi) is 2.86. The number of thiophene rings is 1. The highest BCUT2D eigenvalue weighted by Crippen LogP contribution is 2.34. The van der Waals surface area contributed by atoms with Gasteiger partial charge in [0, 0.05) is 9.58 Å². The highest BCUT2D eigenvalue weighted by atomic mass is 32.1. The second-order valence-electron chi connectivity index (χ2n) is 5.47. The fraction of sp³-hybridized carbons (Fsp3) is 0.222. The number of benzene rings is 2. The lowest BCUT2D eigenvalue weighted by Gasteiger charge is -2.10. The topological polar surface area (TPSA) is 20.2 Å². The second kappa shape index (κ2) is 4.72. The molecule has 1 aliphatic carbocycles. The van der Waals surface area contributed by atoms with E-state index in [-0.39, 0.29) is 0 Å². The molecular weight excluding hydrogens is 264 g/mol. The van der Waals surface area contributed by atoms with Crippen LogP contribution in [0.25, 0.3) is 10.1 Å². The molecule has 0 saturated carbocycles. The first-order valence-corrected chi connectivity index (χ1v) is 7.91. The van der Waals surface area contributed by atoms with Crippen LogP contribution in [0, 0.1) is 0 Å². The summed E-state index contributed by atoms with van der Waals surface area (Å²) >= 11 is 1.68. The van der Waals surface area contributed by atoms with Crippen LogP contribution in [-0.2, 0) is 12.8 Å². The van der Waals surface area contributed by atoms with Crippen LogP contribution in [0.3, 0.4) is 0 Å². The van der Waals surface area contributed by atoms with Crippen molar-refractivity contribution in [3.05, 3.63) is 70.1 Å². The maximum atomic E-state index is 10.6. The second-order valence-corrected chi connectivity index (χ2v) is 6.59. The van der Waals surface area contributed by atoms with Gasteiger partial charge in [0.05, 0.1) is 0 Å². The normalized spacial score (nSPS) is 15.4. The van der Waals surface area contributed by atoms with Crippen molar-refractivity contribution in [2.24, 2.45) is 0 Å². The fourth-order valence-corrected chi connectivity index (χ4v) is 4.14. The van der Waals surface area contributed by atoms with E-state index in [1.165, 1.54) is 34.1 Å². The first-order chi connectivity index (χ1) is 9.81. The summed E-state index contributed by atoms with van der Waals surface area (Å²) in [5, 5.41) is 11.9. The predicted molar refractivity (Wildman–Crippen MR) is 84.4 cm³/mol. The lowest BCUT2D eigenvalue weighted by Crippen LogP contribution is -1.98. The van der Waals surface area contributed by atoms with Gasteiger partial charge in [-0.05, 0) is 53.5 Å². The van der Waals surface area contributed by atoms with Crippen molar-refractivity contribution in [2.45, 2.75) is 25.4 Å². The van der Waals surface area contributed by atoms with Crippen LogP contribution in [-0.4, -0.2) is 5.11 Å². The van der Waals surface area contributed by atoms with E-state index in [0.717, 1.165) is 16.9 Å². The van der Waals surface area contributed by atoms with Crippen LogP contribution >= 0.6 is 11.3 Å². The van der Waals surface area contributed by atoms with Crippen molar-refractivity contribution in [1.82, 2.24) is 0 Å². The number of rotatable bonds is 2. The molecule has 0 fully saturated rings. The molecule has 0 bridgehead atoms. The van der Waals surface area contributed by atoms with Crippen LogP contribution < -0.4 is 0 Å². The maximum absolute atomic E-state index is 10.6. The number of fused-ring (bicyclic) bond motifs is 2. The van der Waals surface area contributed by atoms with Gasteiger partial charge in [-0.1, -0.05) is 36.4 Å². The van der Waals surface area contributed by atoms with Gasteiger partial charge in [-0.2, -0.15) is 0 Å². The molecule has 1 nitrogen and oxygen atoms in total. The van der Waals surface area contributed by atoms with Gasteiger partial charge in [0.15, 0.2) is 0 Å². The third-order valence-corrected chi connectivity index (χ3v) is 5.32. The Labute approximate surface area is 122 Å². The monoisotopic (exact) mass is 280 g/mol. The van der Waals surface area contributed by atoms with E-state index < -0.39 is 6.10 Å². The molecule has 1 N–H and O–H groups in total. The minimum atomic E-state index is -0.502. The summed E-state index contributed by atoms with van der Waals surface area (Å²) in [5.41, 5.74) is 3.90. The zero-order valence-electron chi connectivity index (χ0n) is 11.2. The molecule has 0 aliphatic heterocycles. The van der Waals surface area contributed by atoms with Gasteiger partial charge in [0.1, 0.15) is 6.10 Å². The van der Waals surface area contributed by atoms with Gasteiger partial charge in [0.25, 0.3) is 0 Å². The lowest BCUT2D eigenvalue weighted by molar-refractivity contribution is 0.224. The average molecular weight is 280 g/mol. The van der Waals surface area contributed by atoms with E-state index in [2.05, 4.69) is 36.4 Å². The maximum Gasteiger partial charge on any atom is 0.113 e. The lowest BCUT2D eigenvalue weighted by atomic mass is 10.0. The summed E-state index contributed by atoms with van der Waals surface area (Å²) in [6.07, 6.45) is 3.09. The highest BCUT2D eigenvalue weighted by Gasteiger charge is 2.17. The quantitative estimate of drug-likeness (QED) is 0.734. The van der Waals surface area contributed by atoms with Crippen molar-refractivity contribution in [1.29, 1.82) is 0 Å². The third kappa shape index (κ3) is 1.96. The van der Waals surface area contributed by atoms with E-state index in [1.807, 2.05) is 12.1 Å². The number of hydrogen-bond acceptors (Lipinski definition) is 2. The van der Waals surface area contributed by atoms with Crippen LogP contribution in [0.5, 0.6) is 0 Å². The smallest absolute Gasteiger partial charge is 0.113 e. The Bertz CT molecular complexity index is 739. The van der Waals surface area contributed by atoms with E-state index in [9.17, 15) is 5.11 Å². The van der Waals surface area contributed by atoms with Crippen LogP contribution in [0.15, 0.2) is 48.5 Å². The van der Waals surface area contributed by atoms with Crippen molar-refractivity contribution >= 4 is 21.4 Å². The summed E-state index contributed by atoms with van der Waals surface area (Å²) in [6.45, 7) is 0. The van der Waals surface area contributed by atoms with E-state index in [1.54, 1.807) is 11.3 Å². The van der Waals surface area contributed by atoms with Crippen molar-refractivity contribution in [3.63, 3.8) is 0 Å². The van der Waals surface area contributed by atoms with Gasteiger partial charge < -0.3 is 5.11 Å². The molecule has 1 aliphatic rings. The Hall–Kier alpha value is -1.64. The average Bonchev–Trinajstić information content (AvgIpc) is 3.11. The van der Waals surface area contributed by atoms with Crippen LogP contribution in [0.1, 0.15) is 34.1 Å². The third-order valence-electron chi connectivity index (χ3n) is 4.15. The summed E-state index contributed by atoms with van der Waals surface area (Å²) in [7, 11) is 0. The minimum absolute atomic E-state index is 0.502. The molecule has 1 unspecified atom stereocenters. The first kappa shape index (κ1) is 12.1. The van der Waals surface area contributed by atoms with E-state index in [0.29, 0.717) is 0 Å². The van der Waals surface area contributed by atoms with Gasteiger partial charge in [0.2, 0.25) is 0 Å². The van der Waals surface area contributed by atoms with E-state index >= 15 is 0 Å². The molecule has 20 heavy (non-hydrogen) atoms. The molecule has 1 atom stereocenters. The molecule has 1 aromatic heterocycles. The van der Waals surface area contributed by atoms with Gasteiger partial charge in [-0.15, -0.1) is 11.3 Å². The van der Waals surface area contributed by atoms with Gasteiger partial charge >= 0.3 is 0 Å². The largest absolute Gasteiger partial charge is 0.383 e. The van der Waals surface area contributed by atoms with Crippen molar-refractivity contribution < 1.29 is 5.11 Å². The molecule has 4 rings (SSSR count). The van der Waals surface area contributed by atoms with Crippen molar-refractivity contribution in [2.75, 3.05) is 0 Å². The molecule has 2 aromatic carbocycles. The summed E-state index contributed by atoms with van der Waals surface area (Å²) in [4.78, 5) is 1.03.